The predicted molar refractivity (Wildman–Crippen MR) is 177 cm³/mol. The highest BCUT2D eigenvalue weighted by molar-refractivity contribution is 8.72. The summed E-state index contributed by atoms with van der Waals surface area (Å²) in [5.74, 6) is -1.80. The quantitative estimate of drug-likeness (QED) is 0.0683. The smallest absolute Gasteiger partial charge is 0.357 e. The van der Waals surface area contributed by atoms with Gasteiger partial charge in [0.25, 0.3) is 17.5 Å². The molecule has 252 valence electrons. The van der Waals surface area contributed by atoms with Crippen LogP contribution in [0.25, 0.3) is 0 Å². The van der Waals surface area contributed by atoms with Crippen molar-refractivity contribution in [2.45, 2.75) is 49.6 Å². The number of non-ortho nitro benzene ring substituents is 1. The molecule has 3 aromatic rings. The van der Waals surface area contributed by atoms with Crippen LogP contribution in [0.4, 0.5) is 5.69 Å². The van der Waals surface area contributed by atoms with Crippen LogP contribution < -0.4 is 10.1 Å². The first kappa shape index (κ1) is 34.4. The van der Waals surface area contributed by atoms with Crippen LogP contribution in [0.3, 0.4) is 0 Å². The summed E-state index contributed by atoms with van der Waals surface area (Å²) in [4.78, 5) is 54.1. The number of β-lactam (4-membered cyclic amide) rings is 1. The summed E-state index contributed by atoms with van der Waals surface area (Å²) >= 11 is 0. The van der Waals surface area contributed by atoms with E-state index in [0.717, 1.165) is 23.3 Å². The second kappa shape index (κ2) is 14.9. The Morgan fingerprint density at radius 2 is 1.65 bits per heavy atom. The average molecular weight is 695 g/mol. The lowest BCUT2D eigenvalue weighted by molar-refractivity contribution is -0.384. The van der Waals surface area contributed by atoms with Crippen molar-refractivity contribution in [1.82, 2.24) is 15.1 Å². The Kier molecular flexibility index (Phi) is 10.7. The van der Waals surface area contributed by atoms with E-state index in [1.807, 2.05) is 11.8 Å². The van der Waals surface area contributed by atoms with Crippen molar-refractivity contribution in [1.29, 1.82) is 0 Å². The van der Waals surface area contributed by atoms with Gasteiger partial charge in [0.15, 0.2) is 6.61 Å². The maximum absolute atomic E-state index is 13.8. The van der Waals surface area contributed by atoms with Gasteiger partial charge in [-0.2, -0.15) is 0 Å². The summed E-state index contributed by atoms with van der Waals surface area (Å²) in [5.41, 5.74) is 1.47. The number of hydrogen-bond donors (Lipinski definition) is 1. The van der Waals surface area contributed by atoms with Gasteiger partial charge in [0.1, 0.15) is 29.5 Å². The Morgan fingerprint density at radius 1 is 1.00 bits per heavy atom. The zero-order valence-electron chi connectivity index (χ0n) is 26.2. The molecule has 1 N–H and O–H groups in total. The molecule has 48 heavy (non-hydrogen) atoms. The molecule has 2 amide bonds. The van der Waals surface area contributed by atoms with Crippen molar-refractivity contribution in [3.63, 3.8) is 0 Å². The molecule has 0 saturated carbocycles. The summed E-state index contributed by atoms with van der Waals surface area (Å²) < 4.78 is 38.4. The van der Waals surface area contributed by atoms with Gasteiger partial charge in [0.2, 0.25) is 8.87 Å². The third kappa shape index (κ3) is 7.97. The molecule has 0 bridgehead atoms. The molecule has 13 nitrogen and oxygen atoms in total. The number of aryl methyl sites for hydroxylation is 1. The number of nitrogens with zero attached hydrogens (tertiary/aromatic N) is 3. The number of benzene rings is 3. The van der Waals surface area contributed by atoms with E-state index in [4.69, 9.17) is 9.47 Å². The number of nitro groups is 1. The van der Waals surface area contributed by atoms with Gasteiger partial charge in [-0.25, -0.2) is 13.2 Å². The van der Waals surface area contributed by atoms with E-state index in [0.29, 0.717) is 40.9 Å². The molecule has 2 atom stereocenters. The Balaban J connectivity index is 1.43. The van der Waals surface area contributed by atoms with Gasteiger partial charge in [-0.15, -0.1) is 0 Å². The molecule has 2 saturated heterocycles. The molecule has 15 heteroatoms. The van der Waals surface area contributed by atoms with Crippen LogP contribution in [0.15, 0.2) is 95.2 Å². The van der Waals surface area contributed by atoms with Crippen LogP contribution in [0, 0.1) is 17.0 Å². The highest BCUT2D eigenvalue weighted by Crippen LogP contribution is 2.41. The third-order valence-electron chi connectivity index (χ3n) is 7.88. The predicted octanol–water partition coefficient (Wildman–Crippen LogP) is 4.13. The lowest BCUT2D eigenvalue weighted by Gasteiger charge is -2.47. The average Bonchev–Trinajstić information content (AvgIpc) is 3.63. The number of carbonyl (C=O) groups excluding carboxylic acids is 3. The van der Waals surface area contributed by atoms with Crippen molar-refractivity contribution >= 4 is 43.1 Å². The molecule has 0 aliphatic carbocycles. The van der Waals surface area contributed by atoms with Gasteiger partial charge in [0.05, 0.1) is 9.82 Å². The molecule has 0 aromatic heterocycles. The topological polar surface area (TPSA) is 165 Å². The highest BCUT2D eigenvalue weighted by Gasteiger charge is 2.55. The number of nitrogens with one attached hydrogen (secondary N) is 1. The van der Waals surface area contributed by atoms with E-state index < -0.39 is 49.6 Å². The number of likely N-dealkylation sites (tertiary alicyclic amines) is 2. The Labute approximate surface area is 281 Å². The van der Waals surface area contributed by atoms with E-state index in [1.165, 1.54) is 36.4 Å². The van der Waals surface area contributed by atoms with Crippen LogP contribution in [-0.2, 0) is 34.6 Å². The minimum absolute atomic E-state index is 0.00238. The van der Waals surface area contributed by atoms with Crippen molar-refractivity contribution in [2.24, 2.45) is 0 Å². The minimum Gasteiger partial charge on any atom is -0.484 e. The second-order valence-corrected chi connectivity index (χ2v) is 15.2. The molecule has 2 aliphatic rings. The number of esters is 1. The molecule has 2 unspecified atom stereocenters. The molecule has 5 rings (SSSR count). The zero-order chi connectivity index (χ0) is 34.4. The van der Waals surface area contributed by atoms with Crippen molar-refractivity contribution < 1.29 is 37.2 Å². The minimum atomic E-state index is -4.09. The van der Waals surface area contributed by atoms with Gasteiger partial charge in [0, 0.05) is 41.7 Å². The Bertz CT molecular complexity index is 1810. The first-order valence-electron chi connectivity index (χ1n) is 15.1. The second-order valence-electron chi connectivity index (χ2n) is 11.2. The molecule has 2 heterocycles. The van der Waals surface area contributed by atoms with E-state index in [2.05, 4.69) is 5.32 Å². The monoisotopic (exact) mass is 694 g/mol. The van der Waals surface area contributed by atoms with Crippen molar-refractivity contribution in [3.8, 4) is 5.75 Å². The summed E-state index contributed by atoms with van der Waals surface area (Å²) in [6.45, 7) is 4.03. The SMILES string of the molecule is C/C(=C(/C(=O)OCc1ccc([N+](=O)[O-])cc1)N1C(=O)C(NC(=O)COc2ccccc2)C1SS(=O)(=O)c1ccc(C)cc1)N1CCCC1. The van der Waals surface area contributed by atoms with E-state index >= 15 is 0 Å². The summed E-state index contributed by atoms with van der Waals surface area (Å²) in [5, 5.41) is 12.4. The van der Waals surface area contributed by atoms with Gasteiger partial charge in [-0.3, -0.25) is 24.6 Å². The van der Waals surface area contributed by atoms with Crippen LogP contribution in [0.1, 0.15) is 30.9 Å². The van der Waals surface area contributed by atoms with Crippen LogP contribution in [0.5, 0.6) is 5.75 Å². The van der Waals surface area contributed by atoms with Crippen LogP contribution >= 0.6 is 10.8 Å². The summed E-state index contributed by atoms with van der Waals surface area (Å²) in [6.07, 6.45) is 1.72. The fourth-order valence-electron chi connectivity index (χ4n) is 5.26. The number of rotatable bonds is 13. The molecular formula is C33H34N4O9S2. The number of hydrogen-bond acceptors (Lipinski definition) is 11. The fourth-order valence-corrected chi connectivity index (χ4v) is 8.73. The van der Waals surface area contributed by atoms with E-state index in [9.17, 15) is 32.9 Å². The summed E-state index contributed by atoms with van der Waals surface area (Å²) in [6, 6.07) is 19.0. The van der Waals surface area contributed by atoms with Gasteiger partial charge >= 0.3 is 5.97 Å². The number of carbonyl (C=O) groups is 3. The van der Waals surface area contributed by atoms with Gasteiger partial charge in [-0.05, 0) is 68.7 Å². The van der Waals surface area contributed by atoms with E-state index in [1.54, 1.807) is 49.4 Å². The zero-order valence-corrected chi connectivity index (χ0v) is 27.9. The summed E-state index contributed by atoms with van der Waals surface area (Å²) in [7, 11) is -3.64. The normalized spacial score (nSPS) is 18.1. The van der Waals surface area contributed by atoms with Gasteiger partial charge in [-0.1, -0.05) is 35.9 Å². The van der Waals surface area contributed by atoms with Crippen molar-refractivity contribution in [3.05, 3.63) is 111 Å². The number of allylic oxidation sites excluding steroid dienone is 1. The number of ether oxygens (including phenoxy) is 2. The first-order chi connectivity index (χ1) is 22.9. The van der Waals surface area contributed by atoms with Crippen LogP contribution in [-0.4, -0.2) is 72.0 Å². The maximum Gasteiger partial charge on any atom is 0.357 e. The third-order valence-corrected chi connectivity index (χ3v) is 11.6. The Hall–Kier alpha value is -4.89. The van der Waals surface area contributed by atoms with Gasteiger partial charge < -0.3 is 19.7 Å². The highest BCUT2D eigenvalue weighted by atomic mass is 33.1. The maximum atomic E-state index is 13.8. The Morgan fingerprint density at radius 3 is 2.27 bits per heavy atom. The molecule has 0 spiro atoms. The number of amides is 2. The molecular weight excluding hydrogens is 661 g/mol. The number of para-hydroxylation sites is 1. The first-order valence-corrected chi connectivity index (χ1v) is 18.0. The van der Waals surface area contributed by atoms with E-state index in [-0.39, 0.29) is 22.9 Å². The molecule has 2 fully saturated rings. The lowest BCUT2D eigenvalue weighted by atomic mass is 10.0. The molecule has 3 aromatic carbocycles. The van der Waals surface area contributed by atoms with Crippen molar-refractivity contribution in [2.75, 3.05) is 19.7 Å². The number of nitro benzene ring substituents is 1. The van der Waals surface area contributed by atoms with Crippen LogP contribution in [0.2, 0.25) is 0 Å². The molecule has 2 aliphatic heterocycles. The fraction of sp³-hybridized carbons (Fsp3) is 0.303. The lowest BCUT2D eigenvalue weighted by Crippen LogP contribution is -2.70. The molecule has 0 radical (unpaired) electrons. The largest absolute Gasteiger partial charge is 0.484 e. The standard InChI is InChI=1S/C33H34N4O9S2/c1-22-10-16-27(17-11-22)48(43,44)47-32-29(34-28(38)21-45-26-8-4-3-5-9-26)31(39)36(32)30(23(2)35-18-6-7-19-35)33(40)46-20-24-12-14-25(15-13-24)37(41)42/h3-5,8-17,29,32H,6-7,18-21H2,1-2H3,(H,34,38)/b30-23+.